The minimum Gasteiger partial charge on any atom is -0.497 e. The molecule has 0 saturated heterocycles. The molecule has 3 N–H and O–H groups in total. The van der Waals surface area contributed by atoms with Crippen molar-refractivity contribution in [3.05, 3.63) is 48.0 Å². The van der Waals surface area contributed by atoms with Crippen molar-refractivity contribution in [3.8, 4) is 11.5 Å². The number of nitrogen functional groups attached to an aromatic ring is 1. The summed E-state index contributed by atoms with van der Waals surface area (Å²) in [6.07, 6.45) is 2.09. The highest BCUT2D eigenvalue weighted by Gasteiger charge is 2.05. The molecule has 1 amide bonds. The maximum Gasteiger partial charge on any atom is 0.224 e. The zero-order chi connectivity index (χ0) is 16.7. The molecule has 130 valence electrons. The minimum atomic E-state index is -0.0249. The zero-order valence-electron chi connectivity index (χ0n) is 13.9. The van der Waals surface area contributed by atoms with Gasteiger partial charge in [-0.3, -0.25) is 4.79 Å². The Bertz CT molecular complexity index is 660. The zero-order valence-corrected chi connectivity index (χ0v) is 14.7. The van der Waals surface area contributed by atoms with Crippen LogP contribution < -0.4 is 20.5 Å². The number of nitrogens with two attached hydrogens (primary N) is 1. The molecule has 0 aliphatic rings. The first-order chi connectivity index (χ1) is 11.1. The number of hydrogen-bond acceptors (Lipinski definition) is 4. The number of ether oxygens (including phenoxy) is 2. The molecule has 0 aromatic heterocycles. The lowest BCUT2D eigenvalue weighted by molar-refractivity contribution is -0.116. The van der Waals surface area contributed by atoms with E-state index in [1.54, 1.807) is 32.4 Å². The van der Waals surface area contributed by atoms with Crippen LogP contribution in [0.4, 0.5) is 11.4 Å². The van der Waals surface area contributed by atoms with E-state index in [4.69, 9.17) is 15.2 Å². The monoisotopic (exact) mass is 350 g/mol. The van der Waals surface area contributed by atoms with Gasteiger partial charge in [-0.2, -0.15) is 0 Å². The van der Waals surface area contributed by atoms with Crippen molar-refractivity contribution >= 4 is 29.7 Å². The van der Waals surface area contributed by atoms with Crippen LogP contribution in [-0.2, 0) is 11.2 Å². The van der Waals surface area contributed by atoms with E-state index in [0.29, 0.717) is 23.5 Å². The first kappa shape index (κ1) is 19.6. The Balaban J connectivity index is 0.00000288. The van der Waals surface area contributed by atoms with Gasteiger partial charge >= 0.3 is 0 Å². The number of carbonyl (C=O) groups excluding carboxylic acids is 1. The van der Waals surface area contributed by atoms with Crippen LogP contribution in [0.3, 0.4) is 0 Å². The van der Waals surface area contributed by atoms with Crippen molar-refractivity contribution in [1.29, 1.82) is 0 Å². The van der Waals surface area contributed by atoms with Crippen molar-refractivity contribution in [2.45, 2.75) is 19.3 Å². The van der Waals surface area contributed by atoms with Crippen LogP contribution in [0, 0.1) is 0 Å². The van der Waals surface area contributed by atoms with Gasteiger partial charge < -0.3 is 20.5 Å². The number of benzene rings is 2. The SMILES string of the molecule is COc1ccc(CCCC(=O)Nc2ccc(OC)c(N)c2)cc1.Cl. The van der Waals surface area contributed by atoms with Crippen molar-refractivity contribution in [3.63, 3.8) is 0 Å². The van der Waals surface area contributed by atoms with Crippen molar-refractivity contribution in [1.82, 2.24) is 0 Å². The van der Waals surface area contributed by atoms with E-state index in [1.807, 2.05) is 24.3 Å². The minimum absolute atomic E-state index is 0. The van der Waals surface area contributed by atoms with E-state index < -0.39 is 0 Å². The molecule has 2 aromatic rings. The molecule has 0 radical (unpaired) electrons. The van der Waals surface area contributed by atoms with Crippen LogP contribution in [0.25, 0.3) is 0 Å². The third-order valence-corrected chi connectivity index (χ3v) is 3.54. The number of nitrogens with one attached hydrogen (secondary N) is 1. The fourth-order valence-electron chi connectivity index (χ4n) is 2.28. The largest absolute Gasteiger partial charge is 0.497 e. The molecule has 0 aliphatic heterocycles. The lowest BCUT2D eigenvalue weighted by Crippen LogP contribution is -2.11. The van der Waals surface area contributed by atoms with Crippen LogP contribution in [0.15, 0.2) is 42.5 Å². The normalized spacial score (nSPS) is 9.75. The van der Waals surface area contributed by atoms with E-state index in [2.05, 4.69) is 5.32 Å². The van der Waals surface area contributed by atoms with Gasteiger partial charge in [0.05, 0.1) is 19.9 Å². The summed E-state index contributed by atoms with van der Waals surface area (Å²) in [4.78, 5) is 12.0. The van der Waals surface area contributed by atoms with Gasteiger partial charge in [0.25, 0.3) is 0 Å². The number of rotatable bonds is 7. The summed E-state index contributed by atoms with van der Waals surface area (Å²) in [5.74, 6) is 1.41. The summed E-state index contributed by atoms with van der Waals surface area (Å²) in [5.41, 5.74) is 8.19. The van der Waals surface area contributed by atoms with Gasteiger partial charge in [-0.1, -0.05) is 12.1 Å². The van der Waals surface area contributed by atoms with E-state index in [0.717, 1.165) is 18.6 Å². The van der Waals surface area contributed by atoms with Crippen LogP contribution in [-0.4, -0.2) is 20.1 Å². The van der Waals surface area contributed by atoms with Crippen molar-refractivity contribution in [2.75, 3.05) is 25.3 Å². The highest BCUT2D eigenvalue weighted by atomic mass is 35.5. The standard InChI is InChI=1S/C18H22N2O3.ClH/c1-22-15-9-6-13(7-10-15)4-3-5-18(21)20-14-8-11-17(23-2)16(19)12-14;/h6-12H,3-5,19H2,1-2H3,(H,20,21);1H. The van der Waals surface area contributed by atoms with Gasteiger partial charge in [0.15, 0.2) is 0 Å². The number of aryl methyl sites for hydroxylation is 1. The molecule has 0 aliphatic carbocycles. The molecule has 2 rings (SSSR count). The van der Waals surface area contributed by atoms with Crippen LogP contribution in [0.2, 0.25) is 0 Å². The van der Waals surface area contributed by atoms with Gasteiger partial charge in [0.2, 0.25) is 5.91 Å². The fraction of sp³-hybridized carbons (Fsp3) is 0.278. The number of hydrogen-bond donors (Lipinski definition) is 2. The molecule has 24 heavy (non-hydrogen) atoms. The summed E-state index contributed by atoms with van der Waals surface area (Å²) in [5, 5.41) is 2.84. The molecule has 6 heteroatoms. The quantitative estimate of drug-likeness (QED) is 0.747. The summed E-state index contributed by atoms with van der Waals surface area (Å²) < 4.78 is 10.2. The predicted octanol–water partition coefficient (Wildman–Crippen LogP) is 3.67. The lowest BCUT2D eigenvalue weighted by Gasteiger charge is -2.09. The third-order valence-electron chi connectivity index (χ3n) is 3.54. The van der Waals surface area contributed by atoms with Crippen LogP contribution in [0.1, 0.15) is 18.4 Å². The van der Waals surface area contributed by atoms with Gasteiger partial charge in [0, 0.05) is 12.1 Å². The summed E-state index contributed by atoms with van der Waals surface area (Å²) in [7, 11) is 3.20. The second-order valence-electron chi connectivity index (χ2n) is 5.21. The van der Waals surface area contributed by atoms with E-state index >= 15 is 0 Å². The lowest BCUT2D eigenvalue weighted by atomic mass is 10.1. The van der Waals surface area contributed by atoms with Gasteiger partial charge in [-0.25, -0.2) is 0 Å². The molecule has 0 unspecified atom stereocenters. The maximum atomic E-state index is 12.0. The molecule has 0 bridgehead atoms. The average Bonchev–Trinajstić information content (AvgIpc) is 2.55. The molecule has 0 heterocycles. The van der Waals surface area contributed by atoms with Gasteiger partial charge in [-0.05, 0) is 48.7 Å². The Morgan fingerprint density at radius 3 is 2.38 bits per heavy atom. The van der Waals surface area contributed by atoms with E-state index in [9.17, 15) is 4.79 Å². The highest BCUT2D eigenvalue weighted by molar-refractivity contribution is 5.91. The second kappa shape index (κ2) is 9.67. The fourth-order valence-corrected chi connectivity index (χ4v) is 2.28. The van der Waals surface area contributed by atoms with Crippen molar-refractivity contribution < 1.29 is 14.3 Å². The molecule has 0 atom stereocenters. The van der Waals surface area contributed by atoms with E-state index in [1.165, 1.54) is 5.56 Å². The van der Waals surface area contributed by atoms with Crippen molar-refractivity contribution in [2.24, 2.45) is 0 Å². The Hall–Kier alpha value is -2.40. The average molecular weight is 351 g/mol. The Morgan fingerprint density at radius 2 is 1.79 bits per heavy atom. The molecule has 0 fully saturated rings. The Kier molecular flexibility index (Phi) is 7.92. The number of halogens is 1. The smallest absolute Gasteiger partial charge is 0.224 e. The first-order valence-electron chi connectivity index (χ1n) is 7.48. The van der Waals surface area contributed by atoms with Crippen LogP contribution in [0.5, 0.6) is 11.5 Å². The first-order valence-corrected chi connectivity index (χ1v) is 7.48. The molecular weight excluding hydrogens is 328 g/mol. The Morgan fingerprint density at radius 1 is 1.08 bits per heavy atom. The Labute approximate surface area is 148 Å². The molecule has 2 aromatic carbocycles. The van der Waals surface area contributed by atoms with Crippen LogP contribution >= 0.6 is 12.4 Å². The molecular formula is C18H23ClN2O3. The summed E-state index contributed by atoms with van der Waals surface area (Å²) >= 11 is 0. The third kappa shape index (κ3) is 5.66. The van der Waals surface area contributed by atoms with Gasteiger partial charge in [0.1, 0.15) is 11.5 Å². The summed E-state index contributed by atoms with van der Waals surface area (Å²) in [6, 6.07) is 13.1. The van der Waals surface area contributed by atoms with Gasteiger partial charge in [-0.15, -0.1) is 12.4 Å². The van der Waals surface area contributed by atoms with E-state index in [-0.39, 0.29) is 18.3 Å². The highest BCUT2D eigenvalue weighted by Crippen LogP contribution is 2.24. The molecule has 0 spiro atoms. The summed E-state index contributed by atoms with van der Waals surface area (Å²) in [6.45, 7) is 0. The number of anilines is 2. The number of amides is 1. The maximum absolute atomic E-state index is 12.0. The number of carbonyl (C=O) groups is 1. The molecule has 0 saturated carbocycles. The number of methoxy groups -OCH3 is 2. The molecule has 5 nitrogen and oxygen atoms in total. The topological polar surface area (TPSA) is 73.6 Å². The predicted molar refractivity (Wildman–Crippen MR) is 99.2 cm³/mol. The second-order valence-corrected chi connectivity index (χ2v) is 5.21.